The quantitative estimate of drug-likeness (QED) is 0.500. The van der Waals surface area contributed by atoms with Crippen LogP contribution in [0.2, 0.25) is 0 Å². The first-order valence-corrected chi connectivity index (χ1v) is 9.25. The number of nitrogens with zero attached hydrogens (tertiary/aromatic N) is 1. The number of halogens is 1. The summed E-state index contributed by atoms with van der Waals surface area (Å²) < 4.78 is 22.4. The highest BCUT2D eigenvalue weighted by Crippen LogP contribution is 2.48. The number of ketones is 1. The first-order chi connectivity index (χ1) is 9.52. The molecular formula is C13H23ClNO4P. The van der Waals surface area contributed by atoms with Gasteiger partial charge in [0.15, 0.2) is 11.0 Å². The molecule has 1 saturated carbocycles. The highest BCUT2D eigenvalue weighted by molar-refractivity contribution is 7.53. The highest BCUT2D eigenvalue weighted by Gasteiger charge is 2.27. The summed E-state index contributed by atoms with van der Waals surface area (Å²) in [5.74, 6) is -0.190. The van der Waals surface area contributed by atoms with Crippen molar-refractivity contribution in [2.24, 2.45) is 10.9 Å². The Kier molecular flexibility index (Phi) is 7.96. The molecule has 0 heterocycles. The molecule has 7 heteroatoms. The monoisotopic (exact) mass is 323 g/mol. The summed E-state index contributed by atoms with van der Waals surface area (Å²) in [7, 11) is -3.28. The topological polar surface area (TPSA) is 65.0 Å². The lowest BCUT2D eigenvalue weighted by Crippen LogP contribution is -2.23. The Morgan fingerprint density at radius 2 is 1.75 bits per heavy atom. The molecule has 0 spiro atoms. The van der Waals surface area contributed by atoms with Crippen LogP contribution in [0.15, 0.2) is 4.99 Å². The van der Waals surface area contributed by atoms with Crippen LogP contribution in [0, 0.1) is 5.92 Å². The second kappa shape index (κ2) is 8.93. The normalized spacial score (nSPS) is 18.2. The van der Waals surface area contributed by atoms with Gasteiger partial charge >= 0.3 is 7.60 Å². The summed E-state index contributed by atoms with van der Waals surface area (Å²) in [5.41, 5.74) is 0. The molecule has 0 aromatic heterocycles. The molecule has 0 radical (unpaired) electrons. The van der Waals surface area contributed by atoms with E-state index in [1.807, 2.05) is 0 Å². The van der Waals surface area contributed by atoms with Crippen LogP contribution in [0.25, 0.3) is 0 Å². The summed E-state index contributed by atoms with van der Waals surface area (Å²) in [6.45, 7) is 3.98. The van der Waals surface area contributed by atoms with Gasteiger partial charge in [0.05, 0.1) is 13.2 Å². The fourth-order valence-electron chi connectivity index (χ4n) is 2.27. The molecule has 0 aromatic carbocycles. The average molecular weight is 324 g/mol. The fraction of sp³-hybridized carbons (Fsp3) is 0.846. The zero-order valence-electron chi connectivity index (χ0n) is 12.1. The van der Waals surface area contributed by atoms with E-state index in [4.69, 9.17) is 20.6 Å². The predicted molar refractivity (Wildman–Crippen MR) is 80.6 cm³/mol. The Morgan fingerprint density at radius 3 is 2.25 bits per heavy atom. The maximum absolute atomic E-state index is 12.2. The molecule has 1 aliphatic rings. The van der Waals surface area contributed by atoms with Crippen LogP contribution in [0.4, 0.5) is 0 Å². The second-order valence-electron chi connectivity index (χ2n) is 4.74. The zero-order valence-corrected chi connectivity index (χ0v) is 13.8. The lowest BCUT2D eigenvalue weighted by atomic mass is 9.86. The average Bonchev–Trinajstić information content (AvgIpc) is 2.45. The molecular weight excluding hydrogens is 301 g/mol. The van der Waals surface area contributed by atoms with Crippen LogP contribution in [-0.4, -0.2) is 30.5 Å². The molecule has 20 heavy (non-hydrogen) atoms. The molecule has 0 atom stereocenters. The van der Waals surface area contributed by atoms with Gasteiger partial charge in [0.1, 0.15) is 6.29 Å². The van der Waals surface area contributed by atoms with Crippen molar-refractivity contribution < 1.29 is 18.4 Å². The van der Waals surface area contributed by atoms with Crippen LogP contribution in [0.1, 0.15) is 46.0 Å². The van der Waals surface area contributed by atoms with Gasteiger partial charge in [-0.25, -0.2) is 0 Å². The van der Waals surface area contributed by atoms with Gasteiger partial charge in [-0.2, -0.15) is 0 Å². The number of Topliss-reactive ketones (excluding diaryl/α,β-unsaturated/α-hetero) is 1. The number of rotatable bonds is 8. The van der Waals surface area contributed by atoms with E-state index in [1.165, 1.54) is 6.42 Å². The van der Waals surface area contributed by atoms with Crippen molar-refractivity contribution >= 4 is 30.2 Å². The minimum atomic E-state index is -3.28. The SMILES string of the molecule is CCOP(=O)(C/N=C(\Cl)C(=O)C1CCCCC1)OCC. The van der Waals surface area contributed by atoms with Crippen molar-refractivity contribution in [2.45, 2.75) is 46.0 Å². The minimum absolute atomic E-state index is 0.0430. The largest absolute Gasteiger partial charge is 0.351 e. The van der Waals surface area contributed by atoms with E-state index in [9.17, 15) is 9.36 Å². The fourth-order valence-corrected chi connectivity index (χ4v) is 3.91. The predicted octanol–water partition coefficient (Wildman–Crippen LogP) is 4.00. The maximum Gasteiger partial charge on any atom is 0.351 e. The zero-order chi connectivity index (χ0) is 15.0. The first kappa shape index (κ1) is 17.8. The highest BCUT2D eigenvalue weighted by atomic mass is 35.5. The van der Waals surface area contributed by atoms with E-state index in [2.05, 4.69) is 4.99 Å². The molecule has 0 unspecified atom stereocenters. The van der Waals surface area contributed by atoms with Crippen molar-refractivity contribution in [3.8, 4) is 0 Å². The molecule has 0 aliphatic heterocycles. The Bertz CT molecular complexity index is 384. The van der Waals surface area contributed by atoms with Crippen LogP contribution < -0.4 is 0 Å². The molecule has 0 saturated heterocycles. The van der Waals surface area contributed by atoms with E-state index in [-0.39, 0.29) is 36.4 Å². The lowest BCUT2D eigenvalue weighted by Gasteiger charge is -2.19. The molecule has 116 valence electrons. The van der Waals surface area contributed by atoms with Crippen LogP contribution >= 0.6 is 19.2 Å². The number of carbonyl (C=O) groups is 1. The van der Waals surface area contributed by atoms with Crippen LogP contribution in [0.3, 0.4) is 0 Å². The number of hydrogen-bond acceptors (Lipinski definition) is 5. The summed E-state index contributed by atoms with van der Waals surface area (Å²) >= 11 is 5.94. The molecule has 0 N–H and O–H groups in total. The molecule has 1 rings (SSSR count). The Hall–Kier alpha value is -0.220. The van der Waals surface area contributed by atoms with E-state index in [1.54, 1.807) is 13.8 Å². The first-order valence-electron chi connectivity index (χ1n) is 7.14. The molecule has 5 nitrogen and oxygen atoms in total. The molecule has 1 fully saturated rings. The standard InChI is InChI=1S/C13H23ClNO4P/c1-3-18-20(17,19-4-2)10-15-13(14)12(16)11-8-6-5-7-9-11/h11H,3-10H2,1-2H3/b15-13-. The van der Waals surface area contributed by atoms with E-state index < -0.39 is 7.60 Å². The Morgan fingerprint density at radius 1 is 1.20 bits per heavy atom. The number of aliphatic imine (C=N–C) groups is 1. The van der Waals surface area contributed by atoms with Crippen molar-refractivity contribution in [3.05, 3.63) is 0 Å². The van der Waals surface area contributed by atoms with Crippen molar-refractivity contribution in [1.82, 2.24) is 0 Å². The summed E-state index contributed by atoms with van der Waals surface area (Å²) in [6.07, 6.45) is 4.79. The third-order valence-electron chi connectivity index (χ3n) is 3.21. The van der Waals surface area contributed by atoms with E-state index in [0.29, 0.717) is 0 Å². The van der Waals surface area contributed by atoms with Crippen molar-refractivity contribution in [1.29, 1.82) is 0 Å². The van der Waals surface area contributed by atoms with E-state index >= 15 is 0 Å². The van der Waals surface area contributed by atoms with Crippen molar-refractivity contribution in [2.75, 3.05) is 19.5 Å². The van der Waals surface area contributed by atoms with Crippen LogP contribution in [-0.2, 0) is 18.4 Å². The summed E-state index contributed by atoms with van der Waals surface area (Å²) in [6, 6.07) is 0. The number of carbonyl (C=O) groups excluding carboxylic acids is 1. The van der Waals surface area contributed by atoms with E-state index in [0.717, 1.165) is 25.7 Å². The van der Waals surface area contributed by atoms with Gasteiger partial charge in [-0.1, -0.05) is 30.9 Å². The molecule has 0 amide bonds. The lowest BCUT2D eigenvalue weighted by molar-refractivity contribution is -0.117. The van der Waals surface area contributed by atoms with Gasteiger partial charge in [-0.05, 0) is 26.7 Å². The van der Waals surface area contributed by atoms with Gasteiger partial charge in [0.2, 0.25) is 0 Å². The van der Waals surface area contributed by atoms with Gasteiger partial charge in [0, 0.05) is 5.92 Å². The van der Waals surface area contributed by atoms with Gasteiger partial charge < -0.3 is 9.05 Å². The Labute approximate surface area is 125 Å². The van der Waals surface area contributed by atoms with Gasteiger partial charge in [0.25, 0.3) is 0 Å². The van der Waals surface area contributed by atoms with Crippen molar-refractivity contribution in [3.63, 3.8) is 0 Å². The molecule has 0 bridgehead atoms. The maximum atomic E-state index is 12.2. The third kappa shape index (κ3) is 5.65. The summed E-state index contributed by atoms with van der Waals surface area (Å²) in [4.78, 5) is 16.0. The second-order valence-corrected chi connectivity index (χ2v) is 7.12. The third-order valence-corrected chi connectivity index (χ3v) is 5.31. The summed E-state index contributed by atoms with van der Waals surface area (Å²) in [5, 5.41) is -0.0865. The van der Waals surface area contributed by atoms with Gasteiger partial charge in [-0.3, -0.25) is 14.4 Å². The smallest absolute Gasteiger partial charge is 0.308 e. The Balaban J connectivity index is 2.62. The minimum Gasteiger partial charge on any atom is -0.308 e. The van der Waals surface area contributed by atoms with Gasteiger partial charge in [-0.15, -0.1) is 0 Å². The van der Waals surface area contributed by atoms with Crippen LogP contribution in [0.5, 0.6) is 0 Å². The number of hydrogen-bond donors (Lipinski definition) is 0. The molecule has 1 aliphatic carbocycles. The molecule has 0 aromatic rings.